The van der Waals surface area contributed by atoms with E-state index in [1.54, 1.807) is 19.4 Å². The first-order valence-electron chi connectivity index (χ1n) is 7.10. The smallest absolute Gasteiger partial charge is 0.269 e. The molecule has 0 aliphatic carbocycles. The maximum atomic E-state index is 12.5. The number of nitrogens with one attached hydrogen (secondary N) is 3. The number of H-pyrrole nitrogens is 1. The number of aromatic amines is 1. The molecule has 1 amide bonds. The van der Waals surface area contributed by atoms with Crippen LogP contribution in [0.4, 0.5) is 0 Å². The number of hydrogen-bond donors (Lipinski definition) is 3. The first-order chi connectivity index (χ1) is 10.6. The zero-order valence-corrected chi connectivity index (χ0v) is 16.0. The fourth-order valence-electron chi connectivity index (χ4n) is 2.76. The Morgan fingerprint density at radius 3 is 2.71 bits per heavy atom. The van der Waals surface area contributed by atoms with Crippen LogP contribution in [-0.4, -0.2) is 39.6 Å². The van der Waals surface area contributed by atoms with E-state index >= 15 is 0 Å². The van der Waals surface area contributed by atoms with Crippen LogP contribution in [0.2, 0.25) is 10.0 Å². The van der Waals surface area contributed by atoms with Crippen molar-refractivity contribution >= 4 is 53.9 Å². The van der Waals surface area contributed by atoms with Gasteiger partial charge in [0.1, 0.15) is 5.69 Å². The molecule has 2 aromatic rings. The van der Waals surface area contributed by atoms with Gasteiger partial charge in [0.15, 0.2) is 0 Å². The normalized spacial score (nSPS) is 20.0. The van der Waals surface area contributed by atoms with Crippen LogP contribution in [0.15, 0.2) is 18.7 Å². The molecule has 2 unspecified atom stereocenters. The van der Waals surface area contributed by atoms with Crippen molar-refractivity contribution in [3.8, 4) is 0 Å². The van der Waals surface area contributed by atoms with Crippen molar-refractivity contribution in [3.05, 3.63) is 40.2 Å². The maximum Gasteiger partial charge on any atom is 0.269 e. The summed E-state index contributed by atoms with van der Waals surface area (Å²) in [6, 6.07) is 0.118. The lowest BCUT2D eigenvalue weighted by atomic mass is 10.0. The van der Waals surface area contributed by atoms with Gasteiger partial charge in [-0.1, -0.05) is 23.2 Å². The topological polar surface area (TPSA) is 74.7 Å². The molecule has 3 N–H and O–H groups in total. The van der Waals surface area contributed by atoms with Crippen LogP contribution in [0.25, 0.3) is 0 Å². The molecule has 0 spiro atoms. The number of carbonyl (C=O) groups excluding carboxylic acids is 1. The molecule has 2 aromatic heterocycles. The molecule has 0 bridgehead atoms. The summed E-state index contributed by atoms with van der Waals surface area (Å²) in [5.41, 5.74) is 1.00. The number of nitrogens with zero attached hydrogens (tertiary/aromatic N) is 2. The molecule has 3 heterocycles. The number of piperidine rings is 1. The van der Waals surface area contributed by atoms with Gasteiger partial charge in [0.2, 0.25) is 0 Å². The SMILES string of the molecule is Cc1[nH]c(C(=O)NC2CCNCC2n2ccnc2)c(Cl)c1Cl.Cl.Cl. The summed E-state index contributed by atoms with van der Waals surface area (Å²) < 4.78 is 2.01. The van der Waals surface area contributed by atoms with Crippen molar-refractivity contribution < 1.29 is 4.79 Å². The van der Waals surface area contributed by atoms with E-state index in [4.69, 9.17) is 23.2 Å². The molecule has 134 valence electrons. The molecule has 0 radical (unpaired) electrons. The van der Waals surface area contributed by atoms with Crippen LogP contribution < -0.4 is 10.6 Å². The minimum Gasteiger partial charge on any atom is -0.352 e. The van der Waals surface area contributed by atoms with Gasteiger partial charge >= 0.3 is 0 Å². The van der Waals surface area contributed by atoms with Crippen molar-refractivity contribution in [1.29, 1.82) is 0 Å². The quantitative estimate of drug-likeness (QED) is 0.722. The highest BCUT2D eigenvalue weighted by Crippen LogP contribution is 2.29. The van der Waals surface area contributed by atoms with Crippen molar-refractivity contribution in [2.75, 3.05) is 13.1 Å². The van der Waals surface area contributed by atoms with E-state index in [-0.39, 0.29) is 47.8 Å². The highest BCUT2D eigenvalue weighted by molar-refractivity contribution is 6.44. The summed E-state index contributed by atoms with van der Waals surface area (Å²) in [5.74, 6) is -0.239. The summed E-state index contributed by atoms with van der Waals surface area (Å²) in [6.07, 6.45) is 6.23. The second kappa shape index (κ2) is 8.97. The summed E-state index contributed by atoms with van der Waals surface area (Å²) in [6.45, 7) is 3.41. The van der Waals surface area contributed by atoms with E-state index < -0.39 is 0 Å². The maximum absolute atomic E-state index is 12.5. The number of imidazole rings is 1. The van der Waals surface area contributed by atoms with E-state index in [1.165, 1.54) is 0 Å². The first-order valence-corrected chi connectivity index (χ1v) is 7.86. The molecule has 6 nitrogen and oxygen atoms in total. The fourth-order valence-corrected chi connectivity index (χ4v) is 3.17. The Balaban J connectivity index is 0.00000144. The third-order valence-corrected chi connectivity index (χ3v) is 4.90. The van der Waals surface area contributed by atoms with Crippen LogP contribution in [-0.2, 0) is 0 Å². The molecule has 10 heteroatoms. The van der Waals surface area contributed by atoms with Crippen molar-refractivity contribution in [1.82, 2.24) is 25.2 Å². The number of amides is 1. The molecule has 0 aromatic carbocycles. The number of carbonyl (C=O) groups is 1. The van der Waals surface area contributed by atoms with Crippen molar-refractivity contribution in [2.45, 2.75) is 25.4 Å². The van der Waals surface area contributed by atoms with Crippen LogP contribution in [0.5, 0.6) is 0 Å². The van der Waals surface area contributed by atoms with Gasteiger partial charge in [-0.3, -0.25) is 4.79 Å². The minimum atomic E-state index is -0.239. The van der Waals surface area contributed by atoms with E-state index in [0.29, 0.717) is 16.4 Å². The summed E-state index contributed by atoms with van der Waals surface area (Å²) in [4.78, 5) is 19.5. The Labute approximate surface area is 162 Å². The Hall–Kier alpha value is -0.920. The predicted molar refractivity (Wildman–Crippen MR) is 100 cm³/mol. The molecule has 1 saturated heterocycles. The minimum absolute atomic E-state index is 0. The third kappa shape index (κ3) is 4.18. The summed E-state index contributed by atoms with van der Waals surface area (Å²) >= 11 is 12.1. The zero-order chi connectivity index (χ0) is 15.7. The van der Waals surface area contributed by atoms with E-state index in [2.05, 4.69) is 20.6 Å². The first kappa shape index (κ1) is 21.1. The van der Waals surface area contributed by atoms with Crippen molar-refractivity contribution in [3.63, 3.8) is 0 Å². The lowest BCUT2D eigenvalue weighted by Crippen LogP contribution is -2.50. The van der Waals surface area contributed by atoms with Crippen LogP contribution in [0.3, 0.4) is 0 Å². The number of halogens is 4. The van der Waals surface area contributed by atoms with Crippen LogP contribution in [0.1, 0.15) is 28.6 Å². The monoisotopic (exact) mass is 413 g/mol. The van der Waals surface area contributed by atoms with E-state index in [1.807, 2.05) is 10.8 Å². The Kier molecular flexibility index (Phi) is 7.89. The summed E-state index contributed by atoms with van der Waals surface area (Å²) in [5, 5.41) is 7.05. The Morgan fingerprint density at radius 1 is 1.38 bits per heavy atom. The largest absolute Gasteiger partial charge is 0.352 e. The van der Waals surface area contributed by atoms with Gasteiger partial charge < -0.3 is 20.2 Å². The average Bonchev–Trinajstić information content (AvgIpc) is 3.13. The number of aromatic nitrogens is 3. The predicted octanol–water partition coefficient (Wildman–Crippen LogP) is 3.00. The Bertz CT molecular complexity index is 673. The molecule has 2 atom stereocenters. The van der Waals surface area contributed by atoms with Gasteiger partial charge in [-0.25, -0.2) is 4.98 Å². The zero-order valence-electron chi connectivity index (χ0n) is 12.9. The van der Waals surface area contributed by atoms with Gasteiger partial charge in [-0.15, -0.1) is 24.8 Å². The van der Waals surface area contributed by atoms with Gasteiger partial charge in [0.05, 0.1) is 28.5 Å². The standard InChI is InChI=1S/C14H17Cl2N5O.2ClH/c1-8-11(15)12(16)13(19-8)14(22)20-9-2-3-17-6-10(9)21-5-4-18-7-21;;/h4-5,7,9-10,17,19H,2-3,6H2,1H3,(H,20,22);2*1H. The second-order valence-electron chi connectivity index (χ2n) is 5.40. The van der Waals surface area contributed by atoms with Gasteiger partial charge in [0.25, 0.3) is 5.91 Å². The molecule has 24 heavy (non-hydrogen) atoms. The van der Waals surface area contributed by atoms with Gasteiger partial charge in [-0.05, 0) is 19.9 Å². The van der Waals surface area contributed by atoms with E-state index in [9.17, 15) is 4.79 Å². The molecule has 1 aliphatic heterocycles. The third-order valence-electron chi connectivity index (χ3n) is 3.96. The Morgan fingerprint density at radius 2 is 2.12 bits per heavy atom. The number of aryl methyl sites for hydroxylation is 1. The van der Waals surface area contributed by atoms with E-state index in [0.717, 1.165) is 19.5 Å². The average molecular weight is 415 g/mol. The highest BCUT2D eigenvalue weighted by atomic mass is 35.5. The summed E-state index contributed by atoms with van der Waals surface area (Å²) in [7, 11) is 0. The van der Waals surface area contributed by atoms with Crippen LogP contribution in [0, 0.1) is 6.92 Å². The van der Waals surface area contributed by atoms with Crippen molar-refractivity contribution in [2.24, 2.45) is 0 Å². The molecule has 1 fully saturated rings. The molecular formula is C14H19Cl4N5O. The molecule has 1 aliphatic rings. The molecule has 3 rings (SSSR count). The van der Waals surface area contributed by atoms with Gasteiger partial charge in [-0.2, -0.15) is 0 Å². The number of rotatable bonds is 3. The van der Waals surface area contributed by atoms with Crippen LogP contribution >= 0.6 is 48.0 Å². The second-order valence-corrected chi connectivity index (χ2v) is 6.16. The highest BCUT2D eigenvalue weighted by Gasteiger charge is 2.29. The molecular weight excluding hydrogens is 396 g/mol. The lowest BCUT2D eigenvalue weighted by molar-refractivity contribution is 0.0908. The fraction of sp³-hybridized carbons (Fsp3) is 0.429. The molecule has 0 saturated carbocycles. The lowest BCUT2D eigenvalue weighted by Gasteiger charge is -2.33. The number of hydrogen-bond acceptors (Lipinski definition) is 3. The van der Waals surface area contributed by atoms with Gasteiger partial charge in [0, 0.05) is 24.6 Å².